The van der Waals surface area contributed by atoms with Gasteiger partial charge in [-0.3, -0.25) is 0 Å². The van der Waals surface area contributed by atoms with E-state index in [2.05, 4.69) is 25.2 Å². The number of nitrogens with zero attached hydrogens (tertiary/aromatic N) is 1. The zero-order valence-corrected chi connectivity index (χ0v) is 14.2. The zero-order chi connectivity index (χ0) is 15.8. The minimum Gasteiger partial charge on any atom is -0.389 e. The van der Waals surface area contributed by atoms with E-state index in [-0.39, 0.29) is 0 Å². The Morgan fingerprint density at radius 1 is 1.38 bits per heavy atom. The Morgan fingerprint density at radius 3 is 2.67 bits per heavy atom. The van der Waals surface area contributed by atoms with Gasteiger partial charge in [0.1, 0.15) is 0 Å². The Labute approximate surface area is 133 Å². The number of benzene rings is 1. The van der Waals surface area contributed by atoms with Crippen molar-refractivity contribution in [3.05, 3.63) is 28.8 Å². The minimum atomic E-state index is -0.525. The lowest BCUT2D eigenvalue weighted by Crippen LogP contribution is -2.32. The van der Waals surface area contributed by atoms with Gasteiger partial charge in [-0.15, -0.1) is 0 Å². The van der Waals surface area contributed by atoms with Crippen molar-refractivity contribution in [1.82, 2.24) is 5.32 Å². The summed E-state index contributed by atoms with van der Waals surface area (Å²) in [7, 11) is 3.49. The van der Waals surface area contributed by atoms with Gasteiger partial charge in [0.05, 0.1) is 23.4 Å². The highest BCUT2D eigenvalue weighted by molar-refractivity contribution is 6.33. The summed E-state index contributed by atoms with van der Waals surface area (Å²) in [6, 6.07) is 6.03. The summed E-state index contributed by atoms with van der Waals surface area (Å²) >= 11 is 6.34. The van der Waals surface area contributed by atoms with Crippen molar-refractivity contribution in [2.45, 2.75) is 26.5 Å². The SMILES string of the molecule is COCC(O)CN(C)c1ccc(CNCC(C)C)cc1Cl. The Morgan fingerprint density at radius 2 is 2.10 bits per heavy atom. The molecule has 21 heavy (non-hydrogen) atoms. The predicted octanol–water partition coefficient (Wildman–Crippen LogP) is 2.53. The van der Waals surface area contributed by atoms with Gasteiger partial charge in [0.15, 0.2) is 0 Å². The van der Waals surface area contributed by atoms with E-state index in [9.17, 15) is 5.11 Å². The highest BCUT2D eigenvalue weighted by Crippen LogP contribution is 2.26. The normalized spacial score (nSPS) is 12.7. The molecule has 0 aliphatic heterocycles. The van der Waals surface area contributed by atoms with Gasteiger partial charge in [0.25, 0.3) is 0 Å². The maximum absolute atomic E-state index is 9.77. The van der Waals surface area contributed by atoms with E-state index in [0.717, 1.165) is 24.3 Å². The van der Waals surface area contributed by atoms with E-state index in [1.165, 1.54) is 0 Å². The minimum absolute atomic E-state index is 0.319. The molecule has 0 aliphatic carbocycles. The second kappa shape index (κ2) is 9.26. The fourth-order valence-electron chi connectivity index (χ4n) is 2.13. The first-order valence-electron chi connectivity index (χ1n) is 7.31. The van der Waals surface area contributed by atoms with Gasteiger partial charge in [-0.1, -0.05) is 31.5 Å². The number of likely N-dealkylation sites (N-methyl/N-ethyl adjacent to an activating group) is 1. The molecule has 0 heterocycles. The van der Waals surface area contributed by atoms with Crippen molar-refractivity contribution in [2.24, 2.45) is 5.92 Å². The van der Waals surface area contributed by atoms with Crippen LogP contribution in [0, 0.1) is 5.92 Å². The molecule has 0 aromatic heterocycles. The van der Waals surface area contributed by atoms with Crippen LogP contribution in [0.2, 0.25) is 5.02 Å². The monoisotopic (exact) mass is 314 g/mol. The summed E-state index contributed by atoms with van der Waals surface area (Å²) in [5.41, 5.74) is 2.08. The van der Waals surface area contributed by atoms with Gasteiger partial charge >= 0.3 is 0 Å². The molecule has 0 amide bonds. The molecule has 0 fully saturated rings. The first-order chi connectivity index (χ1) is 9.93. The largest absolute Gasteiger partial charge is 0.389 e. The molecule has 5 heteroatoms. The summed E-state index contributed by atoms with van der Waals surface area (Å²) < 4.78 is 4.94. The number of rotatable bonds is 9. The van der Waals surface area contributed by atoms with Crippen molar-refractivity contribution in [1.29, 1.82) is 0 Å². The van der Waals surface area contributed by atoms with Gasteiger partial charge in [-0.2, -0.15) is 0 Å². The maximum Gasteiger partial charge on any atom is 0.0947 e. The van der Waals surface area contributed by atoms with Gasteiger partial charge < -0.3 is 20.1 Å². The second-order valence-corrected chi connectivity index (χ2v) is 6.21. The number of aliphatic hydroxyl groups excluding tert-OH is 1. The quantitative estimate of drug-likeness (QED) is 0.735. The molecule has 0 aliphatic rings. The van der Waals surface area contributed by atoms with Crippen molar-refractivity contribution < 1.29 is 9.84 Å². The molecule has 0 spiro atoms. The molecule has 2 N–H and O–H groups in total. The molecule has 1 atom stereocenters. The average Bonchev–Trinajstić information content (AvgIpc) is 2.38. The number of anilines is 1. The highest BCUT2D eigenvalue weighted by atomic mass is 35.5. The van der Waals surface area contributed by atoms with Crippen molar-refractivity contribution in [3.8, 4) is 0 Å². The molecular formula is C16H27ClN2O2. The number of aliphatic hydroxyl groups is 1. The molecule has 0 saturated heterocycles. The van der Waals surface area contributed by atoms with Crippen LogP contribution in [0.1, 0.15) is 19.4 Å². The van der Waals surface area contributed by atoms with E-state index in [1.807, 2.05) is 24.1 Å². The first kappa shape index (κ1) is 18.2. The lowest BCUT2D eigenvalue weighted by molar-refractivity contribution is 0.0695. The number of nitrogens with one attached hydrogen (secondary N) is 1. The molecule has 0 bridgehead atoms. The Kier molecular flexibility index (Phi) is 8.04. The summed E-state index contributed by atoms with van der Waals surface area (Å²) in [5, 5.41) is 13.9. The number of methoxy groups -OCH3 is 1. The van der Waals surface area contributed by atoms with Crippen molar-refractivity contribution >= 4 is 17.3 Å². The van der Waals surface area contributed by atoms with E-state index in [4.69, 9.17) is 16.3 Å². The summed E-state index contributed by atoms with van der Waals surface area (Å²) in [4.78, 5) is 1.94. The Balaban J connectivity index is 2.60. The number of halogens is 1. The van der Waals surface area contributed by atoms with E-state index < -0.39 is 6.10 Å². The average molecular weight is 315 g/mol. The molecule has 4 nitrogen and oxygen atoms in total. The highest BCUT2D eigenvalue weighted by Gasteiger charge is 2.11. The van der Waals surface area contributed by atoms with Gasteiger partial charge in [0.2, 0.25) is 0 Å². The van der Waals surface area contributed by atoms with Gasteiger partial charge in [0, 0.05) is 27.2 Å². The third-order valence-electron chi connectivity index (χ3n) is 3.15. The van der Waals surface area contributed by atoms with E-state index >= 15 is 0 Å². The molecule has 120 valence electrons. The van der Waals surface area contributed by atoms with Crippen LogP contribution >= 0.6 is 11.6 Å². The summed E-state index contributed by atoms with van der Waals surface area (Å²) in [6.07, 6.45) is -0.525. The molecule has 0 radical (unpaired) electrons. The van der Waals surface area contributed by atoms with Crippen molar-refractivity contribution in [3.63, 3.8) is 0 Å². The topological polar surface area (TPSA) is 44.7 Å². The van der Waals surface area contributed by atoms with Crippen LogP contribution in [0.15, 0.2) is 18.2 Å². The number of hydrogen-bond donors (Lipinski definition) is 2. The smallest absolute Gasteiger partial charge is 0.0947 e. The summed E-state index contributed by atoms with van der Waals surface area (Å²) in [5.74, 6) is 0.633. The second-order valence-electron chi connectivity index (χ2n) is 5.80. The maximum atomic E-state index is 9.77. The third-order valence-corrected chi connectivity index (χ3v) is 3.45. The zero-order valence-electron chi connectivity index (χ0n) is 13.4. The third kappa shape index (κ3) is 6.66. The lowest BCUT2D eigenvalue weighted by Gasteiger charge is -2.23. The van der Waals surface area contributed by atoms with Crippen LogP contribution in [0.25, 0.3) is 0 Å². The molecule has 1 aromatic carbocycles. The number of hydrogen-bond acceptors (Lipinski definition) is 4. The molecule has 1 unspecified atom stereocenters. The Bertz CT molecular complexity index is 427. The molecule has 0 saturated carbocycles. The molecular weight excluding hydrogens is 288 g/mol. The fraction of sp³-hybridized carbons (Fsp3) is 0.625. The summed E-state index contributed by atoms with van der Waals surface area (Å²) in [6.45, 7) is 6.97. The van der Waals surface area contributed by atoms with Crippen LogP contribution < -0.4 is 10.2 Å². The van der Waals surface area contributed by atoms with E-state index in [1.54, 1.807) is 7.11 Å². The molecule has 1 aromatic rings. The predicted molar refractivity (Wildman–Crippen MR) is 89.1 cm³/mol. The van der Waals surface area contributed by atoms with Crippen LogP contribution in [-0.2, 0) is 11.3 Å². The van der Waals surface area contributed by atoms with E-state index in [0.29, 0.717) is 24.1 Å². The van der Waals surface area contributed by atoms with Gasteiger partial charge in [-0.25, -0.2) is 0 Å². The van der Waals surface area contributed by atoms with Gasteiger partial charge in [-0.05, 0) is 30.2 Å². The fourth-order valence-corrected chi connectivity index (χ4v) is 2.48. The van der Waals surface area contributed by atoms with Crippen molar-refractivity contribution in [2.75, 3.05) is 38.8 Å². The van der Waals surface area contributed by atoms with Crippen LogP contribution in [0.5, 0.6) is 0 Å². The van der Waals surface area contributed by atoms with Crippen LogP contribution in [0.4, 0.5) is 5.69 Å². The standard InChI is InChI=1S/C16H27ClN2O2/c1-12(2)8-18-9-13-5-6-16(15(17)7-13)19(3)10-14(20)11-21-4/h5-7,12,14,18,20H,8-11H2,1-4H3. The molecule has 1 rings (SSSR count). The van der Waals surface area contributed by atoms with Crippen LogP contribution in [-0.4, -0.2) is 45.1 Å². The first-order valence-corrected chi connectivity index (χ1v) is 7.69. The van der Waals surface area contributed by atoms with Crippen LogP contribution in [0.3, 0.4) is 0 Å². The Hall–Kier alpha value is -0.810. The number of ether oxygens (including phenoxy) is 1. The lowest BCUT2D eigenvalue weighted by atomic mass is 10.1.